The summed E-state index contributed by atoms with van der Waals surface area (Å²) in [5, 5.41) is 13.9. The van der Waals surface area contributed by atoms with Crippen LogP contribution in [0.3, 0.4) is 0 Å². The van der Waals surface area contributed by atoms with E-state index in [1.807, 2.05) is 23.1 Å². The first kappa shape index (κ1) is 18.4. The third-order valence-corrected chi connectivity index (χ3v) is 9.18. The van der Waals surface area contributed by atoms with Crippen molar-refractivity contribution in [3.05, 3.63) is 58.8 Å². The number of benzene rings is 2. The van der Waals surface area contributed by atoms with Crippen LogP contribution in [0.25, 0.3) is 10.9 Å². The van der Waals surface area contributed by atoms with E-state index in [1.54, 1.807) is 7.11 Å². The molecule has 33 heavy (non-hydrogen) atoms. The molecule has 1 saturated carbocycles. The van der Waals surface area contributed by atoms with Crippen LogP contribution < -0.4 is 9.47 Å². The highest BCUT2D eigenvalue weighted by Crippen LogP contribution is 2.69. The first-order chi connectivity index (χ1) is 16.1. The summed E-state index contributed by atoms with van der Waals surface area (Å²) in [5.41, 5.74) is 3.84. The lowest BCUT2D eigenvalue weighted by Crippen LogP contribution is -2.75. The molecule has 1 aromatic heterocycles. The molecule has 4 atom stereocenters. The van der Waals surface area contributed by atoms with Gasteiger partial charge in [0.15, 0.2) is 17.6 Å². The number of hydrogen-bond acceptors (Lipinski definition) is 4. The van der Waals surface area contributed by atoms with E-state index in [-0.39, 0.29) is 24.0 Å². The van der Waals surface area contributed by atoms with Crippen LogP contribution in [-0.4, -0.2) is 46.2 Å². The van der Waals surface area contributed by atoms with Crippen molar-refractivity contribution in [3.63, 3.8) is 0 Å². The normalized spacial score (nSPS) is 32.8. The highest BCUT2D eigenvalue weighted by atomic mass is 16.5. The van der Waals surface area contributed by atoms with E-state index in [4.69, 9.17) is 9.47 Å². The van der Waals surface area contributed by atoms with Gasteiger partial charge in [0.1, 0.15) is 5.60 Å². The van der Waals surface area contributed by atoms with Gasteiger partial charge in [-0.25, -0.2) is 0 Å². The maximum Gasteiger partial charge on any atom is 0.226 e. The zero-order valence-corrected chi connectivity index (χ0v) is 18.6. The lowest BCUT2D eigenvalue weighted by molar-refractivity contribution is -0.183. The predicted octanol–water partition coefficient (Wildman–Crippen LogP) is 3.40. The van der Waals surface area contributed by atoms with Gasteiger partial charge < -0.3 is 24.5 Å². The fraction of sp³-hybridized carbons (Fsp3) is 0.444. The molecule has 168 valence electrons. The molecule has 6 nitrogen and oxygen atoms in total. The van der Waals surface area contributed by atoms with Crippen molar-refractivity contribution >= 4 is 16.8 Å². The molecule has 1 amide bonds. The summed E-state index contributed by atoms with van der Waals surface area (Å²) >= 11 is 0. The van der Waals surface area contributed by atoms with Crippen molar-refractivity contribution < 1.29 is 19.4 Å². The number of carbonyl (C=O) groups is 1. The number of hydrogen-bond donors (Lipinski definition) is 2. The number of fused-ring (bicyclic) bond motifs is 4. The summed E-state index contributed by atoms with van der Waals surface area (Å²) in [4.78, 5) is 19.0. The minimum atomic E-state index is -1.09. The number of likely N-dealkylation sites (tertiary alicyclic amines) is 1. The number of aliphatic hydroxyl groups is 1. The van der Waals surface area contributed by atoms with Gasteiger partial charge in [-0.15, -0.1) is 0 Å². The van der Waals surface area contributed by atoms with Crippen molar-refractivity contribution in [3.8, 4) is 11.5 Å². The number of H-pyrrole nitrogens is 1. The van der Waals surface area contributed by atoms with E-state index >= 15 is 0 Å². The number of amides is 1. The van der Waals surface area contributed by atoms with E-state index in [0.717, 1.165) is 46.3 Å². The Bertz CT molecular complexity index is 1370. The third-order valence-electron chi connectivity index (χ3n) is 9.18. The smallest absolute Gasteiger partial charge is 0.226 e. The molecule has 3 aromatic rings. The Labute approximate surface area is 191 Å². The summed E-state index contributed by atoms with van der Waals surface area (Å²) in [7, 11) is 1.67. The summed E-state index contributed by atoms with van der Waals surface area (Å²) in [6, 6.07) is 12.1. The molecule has 2 aliphatic heterocycles. The van der Waals surface area contributed by atoms with E-state index < -0.39 is 11.0 Å². The molecule has 6 heteroatoms. The fourth-order valence-corrected chi connectivity index (χ4v) is 7.62. The van der Waals surface area contributed by atoms with Crippen LogP contribution in [0.4, 0.5) is 0 Å². The number of piperidine rings is 1. The molecule has 0 unspecified atom stereocenters. The summed E-state index contributed by atoms with van der Waals surface area (Å²) in [5.74, 6) is 1.84. The first-order valence-electron chi connectivity index (χ1n) is 12.1. The Kier molecular flexibility index (Phi) is 3.20. The van der Waals surface area contributed by atoms with Gasteiger partial charge in [-0.1, -0.05) is 24.3 Å². The number of aromatic amines is 1. The second kappa shape index (κ2) is 5.73. The lowest BCUT2D eigenvalue weighted by atomic mass is 9.49. The molecule has 2 N–H and O–H groups in total. The van der Waals surface area contributed by atoms with Crippen LogP contribution in [-0.2, 0) is 23.1 Å². The molecule has 1 saturated heterocycles. The van der Waals surface area contributed by atoms with Gasteiger partial charge in [-0.2, -0.15) is 0 Å². The van der Waals surface area contributed by atoms with Crippen LogP contribution in [0, 0.1) is 5.92 Å². The van der Waals surface area contributed by atoms with Crippen molar-refractivity contribution in [1.29, 1.82) is 0 Å². The number of methoxy groups -OCH3 is 1. The Morgan fingerprint density at radius 1 is 1.24 bits per heavy atom. The molecule has 3 aliphatic carbocycles. The second-order valence-electron chi connectivity index (χ2n) is 10.5. The average molecular weight is 443 g/mol. The van der Waals surface area contributed by atoms with Gasteiger partial charge in [0.25, 0.3) is 0 Å². The molecule has 8 rings (SSSR count). The molecule has 3 heterocycles. The van der Waals surface area contributed by atoms with E-state index in [0.29, 0.717) is 31.6 Å². The van der Waals surface area contributed by atoms with Gasteiger partial charge in [0.05, 0.1) is 24.3 Å². The predicted molar refractivity (Wildman–Crippen MR) is 122 cm³/mol. The van der Waals surface area contributed by atoms with Crippen molar-refractivity contribution in [2.75, 3.05) is 13.7 Å². The Balaban J connectivity index is 1.43. The van der Waals surface area contributed by atoms with Gasteiger partial charge in [0, 0.05) is 35.3 Å². The van der Waals surface area contributed by atoms with Gasteiger partial charge in [-0.05, 0) is 48.9 Å². The van der Waals surface area contributed by atoms with E-state index in [2.05, 4.69) is 23.2 Å². The first-order valence-corrected chi connectivity index (χ1v) is 12.1. The molecular formula is C27H26N2O4. The number of nitrogens with one attached hydrogen (secondary N) is 1. The summed E-state index contributed by atoms with van der Waals surface area (Å²) in [6.45, 7) is 0.661. The van der Waals surface area contributed by atoms with Crippen LogP contribution in [0.5, 0.6) is 11.5 Å². The Morgan fingerprint density at radius 3 is 2.91 bits per heavy atom. The number of para-hydroxylation sites is 1. The molecule has 2 aromatic carbocycles. The number of ether oxygens (including phenoxy) is 2. The molecule has 0 radical (unpaired) electrons. The topological polar surface area (TPSA) is 74.8 Å². The number of nitrogens with zero attached hydrogens (tertiary/aromatic N) is 1. The molecular weight excluding hydrogens is 416 g/mol. The van der Waals surface area contributed by atoms with Gasteiger partial charge in [-0.3, -0.25) is 4.79 Å². The average Bonchev–Trinajstić information content (AvgIpc) is 3.52. The highest BCUT2D eigenvalue weighted by molar-refractivity contribution is 5.87. The van der Waals surface area contributed by atoms with E-state index in [9.17, 15) is 9.90 Å². The summed E-state index contributed by atoms with van der Waals surface area (Å²) < 4.78 is 12.5. The largest absolute Gasteiger partial charge is 0.493 e. The third kappa shape index (κ3) is 1.96. The minimum Gasteiger partial charge on any atom is -0.493 e. The van der Waals surface area contributed by atoms with Gasteiger partial charge in [0.2, 0.25) is 5.91 Å². The fourth-order valence-electron chi connectivity index (χ4n) is 7.62. The van der Waals surface area contributed by atoms with Crippen molar-refractivity contribution in [1.82, 2.24) is 9.88 Å². The maximum atomic E-state index is 13.3. The number of carbonyl (C=O) groups excluding carboxylic acids is 1. The number of rotatable bonds is 2. The minimum absolute atomic E-state index is 0.137. The van der Waals surface area contributed by atoms with Crippen LogP contribution in [0.15, 0.2) is 36.4 Å². The molecule has 2 fully saturated rings. The van der Waals surface area contributed by atoms with Crippen LogP contribution >= 0.6 is 0 Å². The lowest BCUT2D eigenvalue weighted by Gasteiger charge is -2.62. The monoisotopic (exact) mass is 442 g/mol. The second-order valence-corrected chi connectivity index (χ2v) is 10.5. The van der Waals surface area contributed by atoms with E-state index in [1.165, 1.54) is 5.56 Å². The Morgan fingerprint density at radius 2 is 2.09 bits per heavy atom. The highest BCUT2D eigenvalue weighted by Gasteiger charge is 2.73. The SMILES string of the molecule is COc1ccc2c3c1O[C@H]1c4[nH]c5ccccc5c4C[C@@]4(O)[C@@H](C2)N(C(=O)C2CC2)CC[C@]314. The number of aromatic nitrogens is 1. The Hall–Kier alpha value is -2.99. The zero-order chi connectivity index (χ0) is 22.1. The molecule has 5 aliphatic rings. The van der Waals surface area contributed by atoms with Crippen LogP contribution in [0.2, 0.25) is 0 Å². The van der Waals surface area contributed by atoms with Gasteiger partial charge >= 0.3 is 0 Å². The van der Waals surface area contributed by atoms with Crippen molar-refractivity contribution in [2.45, 2.75) is 55.3 Å². The van der Waals surface area contributed by atoms with Crippen LogP contribution in [0.1, 0.15) is 47.8 Å². The summed E-state index contributed by atoms with van der Waals surface area (Å²) in [6.07, 6.45) is 3.47. The standard InChI is InChI=1S/C27H26N2O4/c1-32-19-9-8-15-12-20-27(31)13-17-16-4-2-3-5-18(16)28-22(17)24-26(27,21(15)23(19)33-24)10-11-29(20)25(30)14-6-7-14/h2-5,8-9,14,20,24,28,31H,6-7,10-13H2,1H3/t20-,24+,26+,27-/m1/s1. The quantitative estimate of drug-likeness (QED) is 0.638. The maximum absolute atomic E-state index is 13.3. The molecule has 1 spiro atoms. The molecule has 2 bridgehead atoms. The van der Waals surface area contributed by atoms with Crippen molar-refractivity contribution in [2.24, 2.45) is 5.92 Å². The zero-order valence-electron chi connectivity index (χ0n) is 18.6.